The van der Waals surface area contributed by atoms with E-state index in [0.29, 0.717) is 5.88 Å². The highest BCUT2D eigenvalue weighted by Gasteiger charge is 2.26. The maximum atomic E-state index is 11.1. The summed E-state index contributed by atoms with van der Waals surface area (Å²) in [4.78, 5) is 23.6. The van der Waals surface area contributed by atoms with Crippen LogP contribution in [-0.2, 0) is 4.79 Å². The van der Waals surface area contributed by atoms with Crippen molar-refractivity contribution in [2.75, 3.05) is 11.4 Å². The predicted molar refractivity (Wildman–Crippen MR) is 64.5 cm³/mol. The molecule has 6 heteroatoms. The second-order valence-corrected chi connectivity index (χ2v) is 4.48. The van der Waals surface area contributed by atoms with Gasteiger partial charge in [0.15, 0.2) is 5.88 Å². The highest BCUT2D eigenvalue weighted by atomic mass is 16.4. The number of anilines is 1. The first-order valence-electron chi connectivity index (χ1n) is 5.96. The van der Waals surface area contributed by atoms with E-state index in [4.69, 9.17) is 15.3 Å². The molecular formula is C12H16N2O4. The van der Waals surface area contributed by atoms with Crippen LogP contribution in [0.3, 0.4) is 0 Å². The first kappa shape index (κ1) is 12.5. The molecule has 0 unspecified atom stereocenters. The number of carbonyl (C=O) groups excluding carboxylic acids is 1. The molecule has 0 aliphatic heterocycles. The van der Waals surface area contributed by atoms with Gasteiger partial charge in [0.25, 0.3) is 0 Å². The second-order valence-electron chi connectivity index (χ2n) is 4.48. The summed E-state index contributed by atoms with van der Waals surface area (Å²) in [7, 11) is 0. The van der Waals surface area contributed by atoms with Gasteiger partial charge in [0.05, 0.1) is 6.54 Å². The lowest BCUT2D eigenvalue weighted by atomic mass is 10.2. The zero-order valence-corrected chi connectivity index (χ0v) is 9.96. The van der Waals surface area contributed by atoms with E-state index < -0.39 is 11.9 Å². The van der Waals surface area contributed by atoms with Crippen molar-refractivity contribution in [3.8, 4) is 0 Å². The van der Waals surface area contributed by atoms with Crippen molar-refractivity contribution in [3.63, 3.8) is 0 Å². The molecule has 6 nitrogen and oxygen atoms in total. The SMILES string of the molecule is NC(=O)CN(c1ccc(C(=O)O)o1)C1CCCC1. The van der Waals surface area contributed by atoms with Crippen LogP contribution in [0.5, 0.6) is 0 Å². The van der Waals surface area contributed by atoms with Gasteiger partial charge in [-0.25, -0.2) is 4.79 Å². The van der Waals surface area contributed by atoms with Crippen LogP contribution in [0.2, 0.25) is 0 Å². The third-order valence-electron chi connectivity index (χ3n) is 3.18. The molecule has 1 saturated carbocycles. The Morgan fingerprint density at radius 2 is 2.06 bits per heavy atom. The monoisotopic (exact) mass is 252 g/mol. The Labute approximate surface area is 104 Å². The van der Waals surface area contributed by atoms with Gasteiger partial charge in [-0.05, 0) is 18.9 Å². The second kappa shape index (κ2) is 5.12. The van der Waals surface area contributed by atoms with Crippen LogP contribution in [0.4, 0.5) is 5.88 Å². The number of carboxylic acids is 1. The summed E-state index contributed by atoms with van der Waals surface area (Å²) in [6.07, 6.45) is 4.14. The maximum Gasteiger partial charge on any atom is 0.371 e. The minimum atomic E-state index is -1.12. The molecule has 1 fully saturated rings. The molecule has 0 saturated heterocycles. The molecule has 3 N–H and O–H groups in total. The average molecular weight is 252 g/mol. The van der Waals surface area contributed by atoms with Crippen molar-refractivity contribution >= 4 is 17.8 Å². The number of nitrogens with zero attached hydrogens (tertiary/aromatic N) is 1. The normalized spacial score (nSPS) is 15.8. The van der Waals surface area contributed by atoms with Crippen LogP contribution in [0.1, 0.15) is 36.2 Å². The number of aromatic carboxylic acids is 1. The zero-order valence-electron chi connectivity index (χ0n) is 9.96. The molecule has 1 aliphatic rings. The molecule has 18 heavy (non-hydrogen) atoms. The number of hydrogen-bond donors (Lipinski definition) is 2. The number of amides is 1. The number of carboxylic acid groups (broad SMARTS) is 1. The summed E-state index contributed by atoms with van der Waals surface area (Å²) in [5.41, 5.74) is 5.23. The highest BCUT2D eigenvalue weighted by molar-refractivity contribution is 5.85. The first-order chi connectivity index (χ1) is 8.58. The van der Waals surface area contributed by atoms with E-state index in [0.717, 1.165) is 25.7 Å². The fraction of sp³-hybridized carbons (Fsp3) is 0.500. The predicted octanol–water partition coefficient (Wildman–Crippen LogP) is 1.21. The van der Waals surface area contributed by atoms with Crippen LogP contribution in [0, 0.1) is 0 Å². The fourth-order valence-electron chi connectivity index (χ4n) is 2.37. The van der Waals surface area contributed by atoms with E-state index in [1.807, 2.05) is 0 Å². The van der Waals surface area contributed by atoms with Crippen molar-refractivity contribution in [1.82, 2.24) is 0 Å². The summed E-state index contributed by atoms with van der Waals surface area (Å²) in [6, 6.07) is 3.16. The topological polar surface area (TPSA) is 96.8 Å². The largest absolute Gasteiger partial charge is 0.475 e. The standard InChI is InChI=1S/C12H16N2O4/c13-10(15)7-14(8-3-1-2-4-8)11-6-5-9(18-11)12(16)17/h5-6,8H,1-4,7H2,(H2,13,15)(H,16,17). The van der Waals surface area contributed by atoms with Gasteiger partial charge in [-0.3, -0.25) is 4.79 Å². The van der Waals surface area contributed by atoms with E-state index in [-0.39, 0.29) is 18.3 Å². The number of rotatable bonds is 5. The lowest BCUT2D eigenvalue weighted by molar-refractivity contribution is -0.116. The molecule has 0 spiro atoms. The zero-order chi connectivity index (χ0) is 13.1. The third kappa shape index (κ3) is 2.64. The van der Waals surface area contributed by atoms with E-state index in [9.17, 15) is 9.59 Å². The Kier molecular flexibility index (Phi) is 3.55. The van der Waals surface area contributed by atoms with Gasteiger partial charge >= 0.3 is 5.97 Å². The molecule has 1 heterocycles. The summed E-state index contributed by atoms with van der Waals surface area (Å²) >= 11 is 0. The van der Waals surface area contributed by atoms with Gasteiger partial charge in [0, 0.05) is 12.1 Å². The summed E-state index contributed by atoms with van der Waals surface area (Å²) in [5.74, 6) is -1.29. The van der Waals surface area contributed by atoms with Gasteiger partial charge in [-0.1, -0.05) is 12.8 Å². The Bertz CT molecular complexity index is 449. The van der Waals surface area contributed by atoms with Gasteiger partial charge in [-0.15, -0.1) is 0 Å². The Morgan fingerprint density at radius 3 is 2.56 bits per heavy atom. The Balaban J connectivity index is 2.20. The van der Waals surface area contributed by atoms with E-state index in [2.05, 4.69) is 0 Å². The quantitative estimate of drug-likeness (QED) is 0.821. The third-order valence-corrected chi connectivity index (χ3v) is 3.18. The van der Waals surface area contributed by atoms with E-state index >= 15 is 0 Å². The molecule has 0 atom stereocenters. The first-order valence-corrected chi connectivity index (χ1v) is 5.96. The van der Waals surface area contributed by atoms with Gasteiger partial charge in [0.1, 0.15) is 0 Å². The van der Waals surface area contributed by atoms with Crippen LogP contribution in [0.15, 0.2) is 16.5 Å². The summed E-state index contributed by atoms with van der Waals surface area (Å²) in [6.45, 7) is 0.0528. The average Bonchev–Trinajstić information content (AvgIpc) is 2.97. The lowest BCUT2D eigenvalue weighted by Crippen LogP contribution is -2.40. The van der Waals surface area contributed by atoms with Crippen LogP contribution < -0.4 is 10.6 Å². The number of primary amides is 1. The molecule has 98 valence electrons. The summed E-state index contributed by atoms with van der Waals surface area (Å²) in [5, 5.41) is 8.82. The maximum absolute atomic E-state index is 11.1. The summed E-state index contributed by atoms with van der Waals surface area (Å²) < 4.78 is 5.24. The Morgan fingerprint density at radius 1 is 1.39 bits per heavy atom. The van der Waals surface area contributed by atoms with Gasteiger partial charge in [-0.2, -0.15) is 0 Å². The lowest BCUT2D eigenvalue weighted by Gasteiger charge is -2.27. The minimum absolute atomic E-state index is 0.0528. The molecule has 1 aromatic rings. The van der Waals surface area contributed by atoms with E-state index in [1.54, 1.807) is 11.0 Å². The van der Waals surface area contributed by atoms with Gasteiger partial charge in [0.2, 0.25) is 11.7 Å². The van der Waals surface area contributed by atoms with Gasteiger partial charge < -0.3 is 20.2 Å². The van der Waals surface area contributed by atoms with Crippen molar-refractivity contribution in [2.24, 2.45) is 5.73 Å². The van der Waals surface area contributed by atoms with E-state index in [1.165, 1.54) is 6.07 Å². The molecule has 2 rings (SSSR count). The van der Waals surface area contributed by atoms with Crippen LogP contribution in [0.25, 0.3) is 0 Å². The fourth-order valence-corrected chi connectivity index (χ4v) is 2.37. The number of furan rings is 1. The number of hydrogen-bond acceptors (Lipinski definition) is 4. The van der Waals surface area contributed by atoms with Crippen molar-refractivity contribution in [1.29, 1.82) is 0 Å². The number of nitrogens with two attached hydrogens (primary N) is 1. The highest BCUT2D eigenvalue weighted by Crippen LogP contribution is 2.29. The van der Waals surface area contributed by atoms with Crippen LogP contribution >= 0.6 is 0 Å². The minimum Gasteiger partial charge on any atom is -0.475 e. The van der Waals surface area contributed by atoms with Crippen molar-refractivity contribution < 1.29 is 19.1 Å². The van der Waals surface area contributed by atoms with Crippen molar-refractivity contribution in [2.45, 2.75) is 31.7 Å². The van der Waals surface area contributed by atoms with Crippen molar-refractivity contribution in [3.05, 3.63) is 17.9 Å². The molecular weight excluding hydrogens is 236 g/mol. The molecule has 1 amide bonds. The van der Waals surface area contributed by atoms with Crippen LogP contribution in [-0.4, -0.2) is 29.6 Å². The number of carbonyl (C=O) groups is 2. The molecule has 1 aromatic heterocycles. The molecule has 0 radical (unpaired) electrons. The Hall–Kier alpha value is -1.98. The molecule has 0 bridgehead atoms. The molecule has 0 aromatic carbocycles. The molecule has 1 aliphatic carbocycles. The smallest absolute Gasteiger partial charge is 0.371 e.